The summed E-state index contributed by atoms with van der Waals surface area (Å²) in [5, 5.41) is 9.66. The van der Waals surface area contributed by atoms with Crippen LogP contribution in [0.4, 0.5) is 0 Å². The molecule has 1 aromatic heterocycles. The van der Waals surface area contributed by atoms with Crippen molar-refractivity contribution in [2.45, 2.75) is 25.9 Å². The third kappa shape index (κ3) is 3.13. The first-order chi connectivity index (χ1) is 6.24. The van der Waals surface area contributed by atoms with Crippen molar-refractivity contribution in [3.8, 4) is 0 Å². The minimum Gasteiger partial charge on any atom is -0.387 e. The summed E-state index contributed by atoms with van der Waals surface area (Å²) in [6.45, 7) is 2.53. The molecule has 0 saturated carbocycles. The summed E-state index contributed by atoms with van der Waals surface area (Å²) in [5.41, 5.74) is 7.03. The van der Waals surface area contributed by atoms with Gasteiger partial charge in [0.15, 0.2) is 0 Å². The number of aliphatic hydroxyl groups is 1. The lowest BCUT2D eigenvalue weighted by Crippen LogP contribution is -2.05. The molecule has 72 valence electrons. The Hall–Kier alpha value is -0.930. The summed E-state index contributed by atoms with van der Waals surface area (Å²) in [4.78, 5) is 4.24. The van der Waals surface area contributed by atoms with Crippen molar-refractivity contribution in [2.75, 3.05) is 6.54 Å². The summed E-state index contributed by atoms with van der Waals surface area (Å²) in [5.74, 6) is 0. The second kappa shape index (κ2) is 4.94. The number of aromatic nitrogens is 1. The van der Waals surface area contributed by atoms with Crippen LogP contribution >= 0.6 is 0 Å². The average molecular weight is 180 g/mol. The largest absolute Gasteiger partial charge is 0.387 e. The van der Waals surface area contributed by atoms with Crippen molar-refractivity contribution in [1.29, 1.82) is 0 Å². The fourth-order valence-corrected chi connectivity index (χ4v) is 1.21. The van der Waals surface area contributed by atoms with Gasteiger partial charge in [0.25, 0.3) is 0 Å². The first-order valence-corrected chi connectivity index (χ1v) is 4.55. The molecule has 1 atom stereocenters. The SMILES string of the molecule is Cc1cccc(C(O)CCCN)n1. The van der Waals surface area contributed by atoms with Crippen molar-refractivity contribution >= 4 is 0 Å². The number of nitrogens with two attached hydrogens (primary N) is 1. The van der Waals surface area contributed by atoms with Crippen molar-refractivity contribution < 1.29 is 5.11 Å². The molecule has 0 saturated heterocycles. The number of hydrogen-bond acceptors (Lipinski definition) is 3. The molecule has 3 nitrogen and oxygen atoms in total. The average Bonchev–Trinajstić information content (AvgIpc) is 2.14. The zero-order valence-electron chi connectivity index (χ0n) is 7.90. The molecule has 0 spiro atoms. The lowest BCUT2D eigenvalue weighted by atomic mass is 10.1. The van der Waals surface area contributed by atoms with E-state index in [-0.39, 0.29) is 0 Å². The van der Waals surface area contributed by atoms with Crippen molar-refractivity contribution in [2.24, 2.45) is 5.73 Å². The van der Waals surface area contributed by atoms with Gasteiger partial charge in [-0.15, -0.1) is 0 Å². The van der Waals surface area contributed by atoms with Gasteiger partial charge in [-0.1, -0.05) is 6.07 Å². The Labute approximate surface area is 78.6 Å². The lowest BCUT2D eigenvalue weighted by Gasteiger charge is -2.09. The van der Waals surface area contributed by atoms with Gasteiger partial charge in [0.1, 0.15) is 0 Å². The van der Waals surface area contributed by atoms with Gasteiger partial charge in [0, 0.05) is 5.69 Å². The molecule has 1 unspecified atom stereocenters. The van der Waals surface area contributed by atoms with E-state index < -0.39 is 6.10 Å². The number of rotatable bonds is 4. The van der Waals surface area contributed by atoms with Crippen LogP contribution in [0.3, 0.4) is 0 Å². The van der Waals surface area contributed by atoms with Gasteiger partial charge in [-0.2, -0.15) is 0 Å². The first kappa shape index (κ1) is 10.2. The maximum absolute atomic E-state index is 9.66. The second-order valence-corrected chi connectivity index (χ2v) is 3.15. The van der Waals surface area contributed by atoms with Gasteiger partial charge in [0.2, 0.25) is 0 Å². The van der Waals surface area contributed by atoms with E-state index in [1.54, 1.807) is 0 Å². The minimum absolute atomic E-state index is 0.469. The Balaban J connectivity index is 2.60. The molecule has 1 aromatic rings. The molecule has 0 aliphatic carbocycles. The van der Waals surface area contributed by atoms with Gasteiger partial charge in [0.05, 0.1) is 11.8 Å². The molecule has 13 heavy (non-hydrogen) atoms. The topological polar surface area (TPSA) is 59.1 Å². The van der Waals surface area contributed by atoms with E-state index in [0.29, 0.717) is 13.0 Å². The molecule has 1 heterocycles. The van der Waals surface area contributed by atoms with Crippen molar-refractivity contribution in [1.82, 2.24) is 4.98 Å². The van der Waals surface area contributed by atoms with E-state index in [9.17, 15) is 5.11 Å². The fourth-order valence-electron chi connectivity index (χ4n) is 1.21. The van der Waals surface area contributed by atoms with Crippen LogP contribution in [-0.4, -0.2) is 16.6 Å². The van der Waals surface area contributed by atoms with Crippen molar-refractivity contribution in [3.63, 3.8) is 0 Å². The van der Waals surface area contributed by atoms with E-state index >= 15 is 0 Å². The number of hydrogen-bond donors (Lipinski definition) is 2. The Morgan fingerprint density at radius 3 is 2.92 bits per heavy atom. The van der Waals surface area contributed by atoms with Crippen LogP contribution in [-0.2, 0) is 0 Å². The molecule has 0 aliphatic heterocycles. The molecule has 0 aromatic carbocycles. The van der Waals surface area contributed by atoms with Gasteiger partial charge in [-0.05, 0) is 38.4 Å². The number of aliphatic hydroxyl groups excluding tert-OH is 1. The predicted molar refractivity (Wildman–Crippen MR) is 52.2 cm³/mol. The lowest BCUT2D eigenvalue weighted by molar-refractivity contribution is 0.160. The summed E-state index contributed by atoms with van der Waals surface area (Å²) >= 11 is 0. The molecule has 0 radical (unpaired) electrons. The summed E-state index contributed by atoms with van der Waals surface area (Å²) in [7, 11) is 0. The highest BCUT2D eigenvalue weighted by atomic mass is 16.3. The van der Waals surface area contributed by atoms with E-state index in [1.807, 2.05) is 25.1 Å². The molecule has 0 bridgehead atoms. The predicted octanol–water partition coefficient (Wildman–Crippen LogP) is 1.16. The van der Waals surface area contributed by atoms with Gasteiger partial charge in [-0.25, -0.2) is 0 Å². The summed E-state index contributed by atoms with van der Waals surface area (Å²) in [6, 6.07) is 5.66. The highest BCUT2D eigenvalue weighted by Gasteiger charge is 2.07. The third-order valence-electron chi connectivity index (χ3n) is 1.93. The highest BCUT2D eigenvalue weighted by Crippen LogP contribution is 2.15. The Morgan fingerprint density at radius 1 is 1.54 bits per heavy atom. The van der Waals surface area contributed by atoms with Gasteiger partial charge < -0.3 is 10.8 Å². The van der Waals surface area contributed by atoms with E-state index in [1.165, 1.54) is 0 Å². The molecule has 0 fully saturated rings. The maximum atomic E-state index is 9.66. The second-order valence-electron chi connectivity index (χ2n) is 3.15. The molecule has 3 N–H and O–H groups in total. The maximum Gasteiger partial charge on any atom is 0.0960 e. The van der Waals surface area contributed by atoms with Gasteiger partial charge in [-0.3, -0.25) is 4.98 Å². The molecular weight excluding hydrogens is 164 g/mol. The number of pyridine rings is 1. The quantitative estimate of drug-likeness (QED) is 0.731. The van der Waals surface area contributed by atoms with Crippen LogP contribution in [0.25, 0.3) is 0 Å². The van der Waals surface area contributed by atoms with Gasteiger partial charge >= 0.3 is 0 Å². The Bertz CT molecular complexity index is 263. The number of aryl methyl sites for hydroxylation is 1. The molecule has 3 heteroatoms. The molecular formula is C10H16N2O. The van der Waals surface area contributed by atoms with Crippen LogP contribution in [0, 0.1) is 6.92 Å². The summed E-state index contributed by atoms with van der Waals surface area (Å²) < 4.78 is 0. The molecule has 0 aliphatic rings. The molecule has 1 rings (SSSR count). The van der Waals surface area contributed by atoms with E-state index in [4.69, 9.17) is 5.73 Å². The van der Waals surface area contributed by atoms with Crippen LogP contribution in [0.15, 0.2) is 18.2 Å². The van der Waals surface area contributed by atoms with E-state index in [0.717, 1.165) is 17.8 Å². The van der Waals surface area contributed by atoms with Crippen LogP contribution < -0.4 is 5.73 Å². The number of nitrogens with zero attached hydrogens (tertiary/aromatic N) is 1. The normalized spacial score (nSPS) is 12.8. The van der Waals surface area contributed by atoms with E-state index in [2.05, 4.69) is 4.98 Å². The Morgan fingerprint density at radius 2 is 2.31 bits per heavy atom. The smallest absolute Gasteiger partial charge is 0.0960 e. The van der Waals surface area contributed by atoms with Crippen molar-refractivity contribution in [3.05, 3.63) is 29.6 Å². The standard InChI is InChI=1S/C10H16N2O/c1-8-4-2-5-9(12-8)10(13)6-3-7-11/h2,4-5,10,13H,3,6-7,11H2,1H3. The zero-order valence-corrected chi connectivity index (χ0v) is 7.90. The fraction of sp³-hybridized carbons (Fsp3) is 0.500. The minimum atomic E-state index is -0.469. The third-order valence-corrected chi connectivity index (χ3v) is 1.93. The molecule has 0 amide bonds. The highest BCUT2D eigenvalue weighted by molar-refractivity contribution is 5.11. The zero-order chi connectivity index (χ0) is 9.68. The van der Waals surface area contributed by atoms with Crippen LogP contribution in [0.1, 0.15) is 30.3 Å². The monoisotopic (exact) mass is 180 g/mol. The summed E-state index contributed by atoms with van der Waals surface area (Å²) in [6.07, 6.45) is 1.05. The Kier molecular flexibility index (Phi) is 3.86. The first-order valence-electron chi connectivity index (χ1n) is 4.55. The van der Waals surface area contributed by atoms with Crippen LogP contribution in [0.5, 0.6) is 0 Å². The van der Waals surface area contributed by atoms with Crippen LogP contribution in [0.2, 0.25) is 0 Å².